The number of carbonyl (C=O) groups excluding carboxylic acids is 4. The van der Waals surface area contributed by atoms with Gasteiger partial charge in [-0.3, -0.25) is 24.2 Å². The monoisotopic (exact) mass is 948 g/mol. The molecule has 2 amide bonds. The molecule has 2 saturated heterocycles. The fraction of sp³-hybridized carbons (Fsp3) is 0.547. The number of piperazine rings is 1. The molecule has 16 nitrogen and oxygen atoms in total. The molecule has 370 valence electrons. The standard InChI is InChI=1S/C53H69N7O9/c1-32(2)31-58-22-19-53(20-23-58)56-46-43-42-35(5)45(47(46)57-53)55-51(66)34(4)14-12-13-33(3)17-18-37(61)29-38(15-9-11-28-67-52(7)50(65)44(43)49(69-52)36(6)48(42)64)68-41(63)30-40(62)60-26-24-59(25-27-60)39-16-8-10-21-54-39/h8,10-14,16,21,28,32-33,35,37-38,57,61,64H,9,15,17-20,22-27,29-31H2,1-7H3,(H,55,66)/b13-12+,28-11+,34-14-/t33?,35?,37?,38-,52?/m1/s1. The van der Waals surface area contributed by atoms with Gasteiger partial charge in [-0.2, -0.15) is 0 Å². The highest BCUT2D eigenvalue weighted by molar-refractivity contribution is 6.25. The number of aliphatic hydroxyl groups is 1. The number of piperidine rings is 1. The molecule has 2 fully saturated rings. The van der Waals surface area contributed by atoms with Crippen molar-refractivity contribution in [3.63, 3.8) is 0 Å². The average Bonchev–Trinajstić information content (AvgIpc) is 3.82. The van der Waals surface area contributed by atoms with E-state index in [0.29, 0.717) is 110 Å². The van der Waals surface area contributed by atoms with Crippen LogP contribution < -0.4 is 20.3 Å². The highest BCUT2D eigenvalue weighted by atomic mass is 16.7. The second-order valence-electron chi connectivity index (χ2n) is 20.2. The van der Waals surface area contributed by atoms with Crippen LogP contribution in [0.1, 0.15) is 126 Å². The van der Waals surface area contributed by atoms with Crippen LogP contribution in [-0.2, 0) is 23.9 Å². The summed E-state index contributed by atoms with van der Waals surface area (Å²) in [5.74, 6) is -2.54. The summed E-state index contributed by atoms with van der Waals surface area (Å²) >= 11 is 0. The van der Waals surface area contributed by atoms with Gasteiger partial charge in [0.2, 0.25) is 5.91 Å². The second kappa shape index (κ2) is 20.5. The van der Waals surface area contributed by atoms with Gasteiger partial charge in [0.1, 0.15) is 35.5 Å². The minimum Gasteiger partial charge on any atom is -0.507 e. The van der Waals surface area contributed by atoms with Crippen LogP contribution in [0.3, 0.4) is 0 Å². The Labute approximate surface area is 405 Å². The topological polar surface area (TPSA) is 195 Å². The van der Waals surface area contributed by atoms with Crippen molar-refractivity contribution in [1.29, 1.82) is 0 Å². The number of aliphatic imine (C=N–C) groups is 1. The third-order valence-electron chi connectivity index (χ3n) is 14.4. The van der Waals surface area contributed by atoms with Crippen molar-refractivity contribution >= 4 is 35.1 Å². The number of esters is 1. The van der Waals surface area contributed by atoms with E-state index in [-0.39, 0.29) is 41.2 Å². The zero-order valence-electron chi connectivity index (χ0n) is 41.2. The molecule has 1 aliphatic carbocycles. The number of rotatable bonds is 6. The molecule has 5 atom stereocenters. The van der Waals surface area contributed by atoms with Gasteiger partial charge in [-0.15, -0.1) is 0 Å². The zero-order valence-corrected chi connectivity index (χ0v) is 41.2. The van der Waals surface area contributed by atoms with E-state index in [9.17, 15) is 29.4 Å². The smallest absolute Gasteiger partial charge is 0.315 e. The number of aromatic nitrogens is 1. The Bertz CT molecular complexity index is 2460. The Balaban J connectivity index is 1.04. The predicted molar refractivity (Wildman–Crippen MR) is 262 cm³/mol. The maximum atomic E-state index is 14.8. The SMILES string of the molecule is C/C1=C/C=C/C(C)CCC(O)C[C@H](OC(=O)CC(=O)N2CCN(c3ccccn3)CC2)CC/C=C/OC2(C)Oc3c(C)c(O)c4c(c3C2=O)C2=NC3(CCN(CC(C)C)CC3)NC2=C(NC1=O)C4C. The number of phenolic OH excluding ortho intramolecular Hbond substituents is 1. The molecule has 4 N–H and O–H groups in total. The lowest BCUT2D eigenvalue weighted by Gasteiger charge is -2.38. The summed E-state index contributed by atoms with van der Waals surface area (Å²) < 4.78 is 18.5. The predicted octanol–water partition coefficient (Wildman–Crippen LogP) is 6.32. The molecule has 16 heteroatoms. The summed E-state index contributed by atoms with van der Waals surface area (Å²) in [4.78, 5) is 71.5. The van der Waals surface area contributed by atoms with Crippen LogP contribution in [0, 0.1) is 18.8 Å². The van der Waals surface area contributed by atoms with E-state index in [1.54, 1.807) is 44.0 Å². The number of phenols is 1. The molecule has 1 spiro atoms. The van der Waals surface area contributed by atoms with Crippen LogP contribution in [-0.4, -0.2) is 124 Å². The quantitative estimate of drug-likeness (QED) is 0.186. The average molecular weight is 948 g/mol. The van der Waals surface area contributed by atoms with Crippen LogP contribution in [0.4, 0.5) is 5.82 Å². The Morgan fingerprint density at radius 2 is 1.77 bits per heavy atom. The highest BCUT2D eigenvalue weighted by Gasteiger charge is 2.54. The maximum Gasteiger partial charge on any atom is 0.315 e. The number of allylic oxidation sites excluding steroid dienone is 6. The third-order valence-corrected chi connectivity index (χ3v) is 14.4. The van der Waals surface area contributed by atoms with Crippen molar-refractivity contribution in [2.24, 2.45) is 16.8 Å². The second-order valence-corrected chi connectivity index (χ2v) is 20.2. The number of hydrogen-bond acceptors (Lipinski definition) is 14. The van der Waals surface area contributed by atoms with Gasteiger partial charge in [-0.1, -0.05) is 52.0 Å². The first-order valence-corrected chi connectivity index (χ1v) is 24.7. The number of ketones is 1. The molecular weight excluding hydrogens is 879 g/mol. The number of hydrogen-bond donors (Lipinski definition) is 4. The molecule has 0 radical (unpaired) electrons. The molecule has 69 heavy (non-hydrogen) atoms. The van der Waals surface area contributed by atoms with Gasteiger partial charge in [0.25, 0.3) is 11.7 Å². The van der Waals surface area contributed by atoms with Crippen molar-refractivity contribution in [1.82, 2.24) is 25.4 Å². The molecule has 7 aliphatic rings. The molecule has 0 saturated carbocycles. The van der Waals surface area contributed by atoms with Gasteiger partial charge in [0.05, 0.1) is 35.0 Å². The van der Waals surface area contributed by atoms with Crippen LogP contribution >= 0.6 is 0 Å². The molecular formula is C53H69N7O9. The molecule has 2 aromatic rings. The van der Waals surface area contributed by atoms with E-state index in [4.69, 9.17) is 19.2 Å². The number of fused-ring (bicyclic) bond motifs is 13. The van der Waals surface area contributed by atoms with E-state index in [1.807, 2.05) is 44.2 Å². The van der Waals surface area contributed by atoms with Gasteiger partial charge in [0, 0.05) is 106 Å². The van der Waals surface area contributed by atoms with Crippen molar-refractivity contribution in [2.75, 3.05) is 50.7 Å². The number of pyridine rings is 1. The van der Waals surface area contributed by atoms with Crippen LogP contribution in [0.2, 0.25) is 0 Å². The van der Waals surface area contributed by atoms with Crippen molar-refractivity contribution in [3.05, 3.63) is 94.2 Å². The van der Waals surface area contributed by atoms with E-state index < -0.39 is 47.7 Å². The van der Waals surface area contributed by atoms with Gasteiger partial charge in [0.15, 0.2) is 0 Å². The number of nitrogens with zero attached hydrogens (tertiary/aromatic N) is 5. The number of likely N-dealkylation sites (tertiary alicyclic amines) is 1. The fourth-order valence-corrected chi connectivity index (χ4v) is 10.4. The summed E-state index contributed by atoms with van der Waals surface area (Å²) in [6.07, 6.45) is 11.8. The largest absolute Gasteiger partial charge is 0.507 e. The number of anilines is 1. The molecule has 4 unspecified atom stereocenters. The number of aliphatic hydroxyl groups excluding tert-OH is 1. The van der Waals surface area contributed by atoms with Crippen molar-refractivity contribution in [2.45, 2.75) is 129 Å². The maximum absolute atomic E-state index is 14.8. The molecule has 9 rings (SSSR count). The number of aromatic hydroxyl groups is 1. The number of ether oxygens (including phenoxy) is 3. The van der Waals surface area contributed by atoms with E-state index in [2.05, 4.69) is 39.3 Å². The van der Waals surface area contributed by atoms with Crippen LogP contribution in [0.15, 0.2) is 76.9 Å². The Kier molecular flexibility index (Phi) is 14.7. The first-order valence-electron chi connectivity index (χ1n) is 24.7. The first-order chi connectivity index (χ1) is 33.0. The number of carbonyl (C=O) groups is 4. The summed E-state index contributed by atoms with van der Waals surface area (Å²) in [6, 6.07) is 5.71. The minimum atomic E-state index is -1.80. The van der Waals surface area contributed by atoms with Crippen LogP contribution in [0.25, 0.3) is 0 Å². The number of Topliss-reactive ketones (excluding diaryl/α,β-unsaturated/α-hetero) is 1. The van der Waals surface area contributed by atoms with E-state index in [0.717, 1.165) is 25.5 Å². The summed E-state index contributed by atoms with van der Waals surface area (Å²) in [5, 5.41) is 30.2. The van der Waals surface area contributed by atoms with E-state index in [1.165, 1.54) is 6.26 Å². The molecule has 1 aromatic carbocycles. The van der Waals surface area contributed by atoms with Gasteiger partial charge < -0.3 is 49.8 Å². The first kappa shape index (κ1) is 49.4. The molecule has 1 aromatic heterocycles. The Morgan fingerprint density at radius 3 is 2.48 bits per heavy atom. The lowest BCUT2D eigenvalue weighted by molar-refractivity contribution is -0.154. The van der Waals surface area contributed by atoms with Gasteiger partial charge in [-0.25, -0.2) is 4.98 Å². The summed E-state index contributed by atoms with van der Waals surface area (Å²) in [7, 11) is 0. The lowest BCUT2D eigenvalue weighted by Crippen LogP contribution is -2.50. The van der Waals surface area contributed by atoms with Gasteiger partial charge in [-0.05, 0) is 69.6 Å². The Morgan fingerprint density at radius 1 is 1.01 bits per heavy atom. The summed E-state index contributed by atoms with van der Waals surface area (Å²) in [5.41, 5.74) is 3.03. The normalized spacial score (nSPS) is 28.2. The van der Waals surface area contributed by atoms with Crippen molar-refractivity contribution in [3.8, 4) is 11.5 Å². The zero-order chi connectivity index (χ0) is 49.2. The Hall–Kier alpha value is -6.00. The van der Waals surface area contributed by atoms with Crippen molar-refractivity contribution < 1.29 is 43.6 Å². The van der Waals surface area contributed by atoms with Gasteiger partial charge >= 0.3 is 11.8 Å². The fourth-order valence-electron chi connectivity index (χ4n) is 10.4. The number of amides is 2. The minimum absolute atomic E-state index is 0.0487. The molecule has 5 bridgehead atoms. The van der Waals surface area contributed by atoms with Crippen LogP contribution in [0.5, 0.6) is 11.5 Å². The molecule has 7 heterocycles. The highest BCUT2D eigenvalue weighted by Crippen LogP contribution is 2.53. The lowest BCUT2D eigenvalue weighted by atomic mass is 9.78. The molecule has 6 aliphatic heterocycles. The number of nitrogens with one attached hydrogen (secondary N) is 2. The van der Waals surface area contributed by atoms with E-state index >= 15 is 0 Å². The third kappa shape index (κ3) is 10.6. The summed E-state index contributed by atoms with van der Waals surface area (Å²) in [6.45, 7) is 18.0. The number of benzene rings is 1.